The Kier molecular flexibility index (Phi) is 4.18. The minimum atomic E-state index is 0.114. The highest BCUT2D eigenvalue weighted by molar-refractivity contribution is 5.77. The van der Waals surface area contributed by atoms with Crippen LogP contribution in [-0.2, 0) is 4.79 Å². The Labute approximate surface area is 79.7 Å². The monoisotopic (exact) mass is 185 g/mol. The number of likely N-dealkylation sites (N-methyl/N-ethyl adjacent to an activating group) is 1. The Hall–Kier alpha value is -0.610. The lowest BCUT2D eigenvalue weighted by Crippen LogP contribution is -2.44. The number of amides is 1. The topological polar surface area (TPSA) is 44.4 Å². The highest BCUT2D eigenvalue weighted by atomic mass is 16.1. The van der Waals surface area contributed by atoms with Crippen LogP contribution >= 0.6 is 0 Å². The molecule has 1 heterocycles. The maximum Gasteiger partial charge on any atom is 0.233 e. The summed E-state index contributed by atoms with van der Waals surface area (Å²) in [6.07, 6.45) is 2.29. The zero-order valence-corrected chi connectivity index (χ0v) is 8.47. The predicted molar refractivity (Wildman–Crippen MR) is 52.6 cm³/mol. The molecule has 1 saturated heterocycles. The standard InChI is InChI=1S/C9H19N3O/c1-10-8-3-5-12(6-4-8)7-9(13)11-2/h8,10H,3-7H2,1-2H3,(H,11,13). The van der Waals surface area contributed by atoms with Gasteiger partial charge < -0.3 is 10.6 Å². The molecule has 1 fully saturated rings. The van der Waals surface area contributed by atoms with Gasteiger partial charge in [-0.1, -0.05) is 0 Å². The number of likely N-dealkylation sites (tertiary alicyclic amines) is 1. The first kappa shape index (κ1) is 10.5. The third kappa shape index (κ3) is 3.32. The minimum Gasteiger partial charge on any atom is -0.358 e. The van der Waals surface area contributed by atoms with Crippen LogP contribution in [0, 0.1) is 0 Å². The van der Waals surface area contributed by atoms with E-state index < -0.39 is 0 Å². The molecular weight excluding hydrogens is 166 g/mol. The summed E-state index contributed by atoms with van der Waals surface area (Å²) in [6.45, 7) is 2.60. The fourth-order valence-electron chi connectivity index (χ4n) is 1.66. The lowest BCUT2D eigenvalue weighted by Gasteiger charge is -2.30. The normalized spacial score (nSPS) is 20.2. The SMILES string of the molecule is CNC(=O)CN1CCC(NC)CC1. The van der Waals surface area contributed by atoms with Crippen LogP contribution in [0.3, 0.4) is 0 Å². The molecule has 1 rings (SSSR count). The molecule has 0 aliphatic carbocycles. The van der Waals surface area contributed by atoms with Crippen molar-refractivity contribution in [2.45, 2.75) is 18.9 Å². The van der Waals surface area contributed by atoms with Gasteiger partial charge in [0.15, 0.2) is 0 Å². The van der Waals surface area contributed by atoms with Gasteiger partial charge in [-0.2, -0.15) is 0 Å². The van der Waals surface area contributed by atoms with Gasteiger partial charge in [0.1, 0.15) is 0 Å². The molecule has 13 heavy (non-hydrogen) atoms. The first-order chi connectivity index (χ1) is 6.26. The molecule has 4 nitrogen and oxygen atoms in total. The van der Waals surface area contributed by atoms with Gasteiger partial charge in [0.25, 0.3) is 0 Å². The summed E-state index contributed by atoms with van der Waals surface area (Å²) in [6, 6.07) is 0.640. The molecule has 0 aromatic carbocycles. The average molecular weight is 185 g/mol. The summed E-state index contributed by atoms with van der Waals surface area (Å²) >= 11 is 0. The largest absolute Gasteiger partial charge is 0.358 e. The average Bonchev–Trinajstić information content (AvgIpc) is 2.19. The molecule has 0 spiro atoms. The summed E-state index contributed by atoms with van der Waals surface area (Å²) in [7, 11) is 3.68. The number of hydrogen-bond acceptors (Lipinski definition) is 3. The molecular formula is C9H19N3O. The highest BCUT2D eigenvalue weighted by Crippen LogP contribution is 2.08. The second kappa shape index (κ2) is 5.19. The summed E-state index contributed by atoms with van der Waals surface area (Å²) in [5.74, 6) is 0.114. The van der Waals surface area contributed by atoms with Crippen molar-refractivity contribution in [1.29, 1.82) is 0 Å². The third-order valence-electron chi connectivity index (χ3n) is 2.64. The number of nitrogens with one attached hydrogen (secondary N) is 2. The molecule has 0 unspecified atom stereocenters. The van der Waals surface area contributed by atoms with Gasteiger partial charge in [0.05, 0.1) is 6.54 Å². The van der Waals surface area contributed by atoms with Crippen LogP contribution in [0.1, 0.15) is 12.8 Å². The number of carbonyl (C=O) groups is 1. The molecule has 76 valence electrons. The fraction of sp³-hybridized carbons (Fsp3) is 0.889. The number of rotatable bonds is 3. The maximum absolute atomic E-state index is 11.1. The number of piperidine rings is 1. The highest BCUT2D eigenvalue weighted by Gasteiger charge is 2.18. The molecule has 0 aromatic rings. The lowest BCUT2D eigenvalue weighted by molar-refractivity contribution is -0.122. The Bertz CT molecular complexity index is 164. The van der Waals surface area contributed by atoms with E-state index in [0.717, 1.165) is 25.9 Å². The molecule has 0 radical (unpaired) electrons. The van der Waals surface area contributed by atoms with Crippen molar-refractivity contribution in [2.75, 3.05) is 33.7 Å². The Balaban J connectivity index is 2.21. The molecule has 0 aromatic heterocycles. The van der Waals surface area contributed by atoms with Crippen molar-refractivity contribution in [3.05, 3.63) is 0 Å². The van der Waals surface area contributed by atoms with Gasteiger partial charge in [-0.3, -0.25) is 9.69 Å². The van der Waals surface area contributed by atoms with Crippen molar-refractivity contribution >= 4 is 5.91 Å². The second-order valence-electron chi connectivity index (χ2n) is 3.51. The molecule has 0 atom stereocenters. The van der Waals surface area contributed by atoms with Crippen LogP contribution in [0.5, 0.6) is 0 Å². The predicted octanol–water partition coefficient (Wildman–Crippen LogP) is -0.584. The van der Waals surface area contributed by atoms with Gasteiger partial charge >= 0.3 is 0 Å². The van der Waals surface area contributed by atoms with Gasteiger partial charge in [-0.25, -0.2) is 0 Å². The molecule has 1 aliphatic rings. The Morgan fingerprint density at radius 3 is 2.46 bits per heavy atom. The fourth-order valence-corrected chi connectivity index (χ4v) is 1.66. The van der Waals surface area contributed by atoms with Crippen molar-refractivity contribution in [2.24, 2.45) is 0 Å². The molecule has 0 bridgehead atoms. The van der Waals surface area contributed by atoms with E-state index in [9.17, 15) is 4.79 Å². The summed E-state index contributed by atoms with van der Waals surface area (Å²) in [5, 5.41) is 5.91. The second-order valence-corrected chi connectivity index (χ2v) is 3.51. The van der Waals surface area contributed by atoms with Crippen molar-refractivity contribution < 1.29 is 4.79 Å². The van der Waals surface area contributed by atoms with E-state index in [1.807, 2.05) is 7.05 Å². The summed E-state index contributed by atoms with van der Waals surface area (Å²) in [4.78, 5) is 13.3. The summed E-state index contributed by atoms with van der Waals surface area (Å²) < 4.78 is 0. The van der Waals surface area contributed by atoms with Crippen LogP contribution in [0.2, 0.25) is 0 Å². The number of carbonyl (C=O) groups excluding carboxylic acids is 1. The van der Waals surface area contributed by atoms with Crippen LogP contribution < -0.4 is 10.6 Å². The van der Waals surface area contributed by atoms with Crippen LogP contribution in [0.4, 0.5) is 0 Å². The zero-order valence-electron chi connectivity index (χ0n) is 8.47. The van der Waals surface area contributed by atoms with Crippen LogP contribution in [0.25, 0.3) is 0 Å². The number of hydrogen-bond donors (Lipinski definition) is 2. The van der Waals surface area contributed by atoms with Crippen LogP contribution in [0.15, 0.2) is 0 Å². The lowest BCUT2D eigenvalue weighted by atomic mass is 10.1. The molecule has 2 N–H and O–H groups in total. The summed E-state index contributed by atoms with van der Waals surface area (Å²) in [5.41, 5.74) is 0. The number of nitrogens with zero attached hydrogens (tertiary/aromatic N) is 1. The zero-order chi connectivity index (χ0) is 9.68. The maximum atomic E-state index is 11.1. The first-order valence-electron chi connectivity index (χ1n) is 4.86. The van der Waals surface area contributed by atoms with Crippen LogP contribution in [-0.4, -0.2) is 50.6 Å². The quantitative estimate of drug-likeness (QED) is 0.618. The van der Waals surface area contributed by atoms with Gasteiger partial charge in [-0.15, -0.1) is 0 Å². The molecule has 1 amide bonds. The van der Waals surface area contributed by atoms with Gasteiger partial charge in [-0.05, 0) is 19.9 Å². The first-order valence-corrected chi connectivity index (χ1v) is 4.86. The molecule has 0 saturated carbocycles. The third-order valence-corrected chi connectivity index (χ3v) is 2.64. The van der Waals surface area contributed by atoms with Gasteiger partial charge in [0.2, 0.25) is 5.91 Å². The van der Waals surface area contributed by atoms with E-state index in [2.05, 4.69) is 15.5 Å². The molecule has 4 heteroatoms. The van der Waals surface area contributed by atoms with E-state index in [-0.39, 0.29) is 5.91 Å². The van der Waals surface area contributed by atoms with Crippen molar-refractivity contribution in [3.63, 3.8) is 0 Å². The van der Waals surface area contributed by atoms with Gasteiger partial charge in [0, 0.05) is 26.2 Å². The molecule has 1 aliphatic heterocycles. The van der Waals surface area contributed by atoms with E-state index in [1.165, 1.54) is 0 Å². The van der Waals surface area contributed by atoms with E-state index in [4.69, 9.17) is 0 Å². The smallest absolute Gasteiger partial charge is 0.233 e. The van der Waals surface area contributed by atoms with E-state index in [1.54, 1.807) is 7.05 Å². The minimum absolute atomic E-state index is 0.114. The van der Waals surface area contributed by atoms with Crippen molar-refractivity contribution in [1.82, 2.24) is 15.5 Å². The Morgan fingerprint density at radius 2 is 2.00 bits per heavy atom. The Morgan fingerprint density at radius 1 is 1.38 bits per heavy atom. The van der Waals surface area contributed by atoms with Crippen molar-refractivity contribution in [3.8, 4) is 0 Å². The van der Waals surface area contributed by atoms with E-state index in [0.29, 0.717) is 12.6 Å². The van der Waals surface area contributed by atoms with E-state index >= 15 is 0 Å².